The van der Waals surface area contributed by atoms with Gasteiger partial charge in [0.15, 0.2) is 0 Å². The van der Waals surface area contributed by atoms with Crippen LogP contribution in [0.4, 0.5) is 5.95 Å². The van der Waals surface area contributed by atoms with Crippen molar-refractivity contribution in [2.75, 3.05) is 5.32 Å². The quantitative estimate of drug-likeness (QED) is 0.506. The van der Waals surface area contributed by atoms with Crippen molar-refractivity contribution in [1.29, 1.82) is 0 Å². The number of nitrogens with one attached hydrogen (secondary N) is 1. The van der Waals surface area contributed by atoms with Crippen LogP contribution in [0.1, 0.15) is 82.4 Å². The van der Waals surface area contributed by atoms with Gasteiger partial charge in [0.25, 0.3) is 0 Å². The Morgan fingerprint density at radius 1 is 0.625 bits per heavy atom. The molecule has 1 fully saturated rings. The van der Waals surface area contributed by atoms with Gasteiger partial charge in [0.05, 0.1) is 0 Å². The third-order valence-electron chi connectivity index (χ3n) is 5.79. The summed E-state index contributed by atoms with van der Waals surface area (Å²) in [5.41, 5.74) is 0.885. The normalized spacial score (nSPS) is 23.3. The van der Waals surface area contributed by atoms with E-state index in [4.69, 9.17) is 16.6 Å². The molecule has 2 aliphatic carbocycles. The van der Waals surface area contributed by atoms with Crippen LogP contribution >= 0.6 is 11.6 Å². The van der Waals surface area contributed by atoms with Crippen LogP contribution in [0.15, 0.2) is 72.5 Å². The van der Waals surface area contributed by atoms with Crippen molar-refractivity contribution in [3.8, 4) is 0 Å². The Kier molecular flexibility index (Phi) is 11.0. The van der Waals surface area contributed by atoms with Gasteiger partial charge in [-0.05, 0) is 36.6 Å². The number of hydrogen-bond acceptors (Lipinski definition) is 4. The van der Waals surface area contributed by atoms with Crippen LogP contribution in [-0.2, 0) is 0 Å². The van der Waals surface area contributed by atoms with Gasteiger partial charge in [0.1, 0.15) is 5.82 Å². The molecule has 4 nitrogen and oxygen atoms in total. The second-order valence-corrected chi connectivity index (χ2v) is 8.73. The van der Waals surface area contributed by atoms with E-state index < -0.39 is 0 Å². The smallest absolute Gasteiger partial charge is 0.231 e. The molecule has 0 amide bonds. The van der Waals surface area contributed by atoms with E-state index in [1.54, 1.807) is 0 Å². The van der Waals surface area contributed by atoms with Crippen molar-refractivity contribution in [3.05, 3.63) is 83.6 Å². The average Bonchev–Trinajstić information content (AvgIpc) is 2.76. The van der Waals surface area contributed by atoms with Crippen molar-refractivity contribution >= 4 is 17.5 Å². The molecule has 0 atom stereocenters. The molecule has 0 bridgehead atoms. The highest BCUT2D eigenvalue weighted by Crippen LogP contribution is 2.28. The van der Waals surface area contributed by atoms with E-state index in [9.17, 15) is 0 Å². The molecule has 0 saturated heterocycles. The van der Waals surface area contributed by atoms with Crippen molar-refractivity contribution in [1.82, 2.24) is 15.0 Å². The molecule has 1 aromatic heterocycles. The van der Waals surface area contributed by atoms with Crippen molar-refractivity contribution in [3.63, 3.8) is 0 Å². The Morgan fingerprint density at radius 2 is 1.16 bits per heavy atom. The summed E-state index contributed by atoms with van der Waals surface area (Å²) in [6, 6.07) is 0. The first-order chi connectivity index (χ1) is 15.8. The maximum Gasteiger partial charge on any atom is 0.231 e. The summed E-state index contributed by atoms with van der Waals surface area (Å²) in [5.74, 6) is 1.67. The number of anilines is 1. The minimum absolute atomic E-state index is 0.254. The van der Waals surface area contributed by atoms with Gasteiger partial charge in [0.2, 0.25) is 11.2 Å². The van der Waals surface area contributed by atoms with E-state index in [2.05, 4.69) is 15.3 Å². The minimum atomic E-state index is 0.254. The summed E-state index contributed by atoms with van der Waals surface area (Å²) in [5, 5.41) is 3.58. The van der Waals surface area contributed by atoms with Gasteiger partial charge >= 0.3 is 0 Å². The van der Waals surface area contributed by atoms with Crippen LogP contribution in [0.3, 0.4) is 0 Å². The van der Waals surface area contributed by atoms with Crippen LogP contribution in [0.2, 0.25) is 5.28 Å². The number of hydrogen-bond donors (Lipinski definition) is 1. The molecule has 3 rings (SSSR count). The average molecular weight is 451 g/mol. The summed E-state index contributed by atoms with van der Waals surface area (Å²) in [6.45, 7) is 0. The van der Waals surface area contributed by atoms with Crippen LogP contribution in [0.25, 0.3) is 0 Å². The molecule has 0 radical (unpaired) electrons. The first-order valence-electron chi connectivity index (χ1n) is 12.0. The Hall–Kier alpha value is -2.46. The number of rotatable bonds is 3. The highest BCUT2D eigenvalue weighted by Gasteiger charge is 2.17. The lowest BCUT2D eigenvalue weighted by Crippen LogP contribution is -2.11. The molecule has 2 aliphatic rings. The summed E-state index contributed by atoms with van der Waals surface area (Å²) in [4.78, 5) is 13.7. The fourth-order valence-corrected chi connectivity index (χ4v) is 4.23. The summed E-state index contributed by atoms with van der Waals surface area (Å²) < 4.78 is 0. The van der Waals surface area contributed by atoms with E-state index >= 15 is 0 Å². The summed E-state index contributed by atoms with van der Waals surface area (Å²) in [7, 11) is 0. The van der Waals surface area contributed by atoms with Crippen molar-refractivity contribution in [2.45, 2.75) is 76.5 Å². The number of aromatic nitrogens is 3. The zero-order chi connectivity index (χ0) is 22.3. The lowest BCUT2D eigenvalue weighted by atomic mass is 9.92. The first kappa shape index (κ1) is 24.2. The van der Waals surface area contributed by atoms with Gasteiger partial charge in [-0.15, -0.1) is 0 Å². The van der Waals surface area contributed by atoms with Gasteiger partial charge < -0.3 is 5.32 Å². The second kappa shape index (κ2) is 14.6. The van der Waals surface area contributed by atoms with Gasteiger partial charge in [-0.3, -0.25) is 0 Å². The lowest BCUT2D eigenvalue weighted by molar-refractivity contribution is 0.455. The maximum absolute atomic E-state index is 6.33. The topological polar surface area (TPSA) is 50.7 Å². The number of nitrogens with zero attached hydrogens (tertiary/aromatic N) is 3. The van der Waals surface area contributed by atoms with E-state index in [-0.39, 0.29) is 5.28 Å². The molecule has 0 aromatic carbocycles. The van der Waals surface area contributed by atoms with E-state index in [0.29, 0.717) is 11.9 Å². The second-order valence-electron chi connectivity index (χ2n) is 8.39. The molecule has 0 unspecified atom stereocenters. The molecular weight excluding hydrogens is 416 g/mol. The number of halogens is 1. The highest BCUT2D eigenvalue weighted by molar-refractivity contribution is 6.28. The van der Waals surface area contributed by atoms with Gasteiger partial charge in [-0.25, -0.2) is 4.98 Å². The molecule has 1 heterocycles. The molecule has 170 valence electrons. The summed E-state index contributed by atoms with van der Waals surface area (Å²) >= 11 is 6.33. The molecule has 32 heavy (non-hydrogen) atoms. The zero-order valence-electron chi connectivity index (χ0n) is 18.9. The van der Waals surface area contributed by atoms with Gasteiger partial charge in [-0.1, -0.05) is 112 Å². The molecular formula is C27H35ClN4. The molecule has 1 aromatic rings. The SMILES string of the molecule is Clc1nc(NC2=C\C=C/C=C\C=C/C=C\C=C2)nc(C2CCCCCCCCCCC2)n1. The van der Waals surface area contributed by atoms with Crippen LogP contribution in [0.5, 0.6) is 0 Å². The van der Waals surface area contributed by atoms with Gasteiger partial charge in [-0.2, -0.15) is 9.97 Å². The Balaban J connectivity index is 1.75. The van der Waals surface area contributed by atoms with Crippen molar-refractivity contribution in [2.24, 2.45) is 0 Å². The highest BCUT2D eigenvalue weighted by atomic mass is 35.5. The van der Waals surface area contributed by atoms with Crippen LogP contribution in [-0.4, -0.2) is 15.0 Å². The fraction of sp³-hybridized carbons (Fsp3) is 0.444. The van der Waals surface area contributed by atoms with Crippen LogP contribution in [0, 0.1) is 0 Å². The lowest BCUT2D eigenvalue weighted by Gasteiger charge is -2.17. The first-order valence-corrected chi connectivity index (χ1v) is 12.4. The summed E-state index contributed by atoms with van der Waals surface area (Å²) in [6.07, 6.45) is 36.0. The third-order valence-corrected chi connectivity index (χ3v) is 5.96. The largest absolute Gasteiger partial charge is 0.324 e. The van der Waals surface area contributed by atoms with E-state index in [1.165, 1.54) is 57.8 Å². The molecule has 0 spiro atoms. The fourth-order valence-electron chi connectivity index (χ4n) is 4.06. The molecule has 1 N–H and O–H groups in total. The third kappa shape index (κ3) is 9.35. The maximum atomic E-state index is 6.33. The standard InChI is InChI=1S/C27H35ClN4/c28-26-30-25(23-19-15-11-7-3-1-4-8-12-16-20-23)31-27(32-26)29-24-21-17-13-9-5-2-6-10-14-18-22-24/h2,5-6,9-10,13-14,17-18,21-23H,1,3-4,7-8,11-12,15-16,19-20H2,(H,29,30,31,32)/b5-2-,6-2?,9-5?,10-6-,13-9-,14-10?,17-13?,18-14-,21-17?,22-18?,24-21?,24-22?. The van der Waals surface area contributed by atoms with Crippen LogP contribution < -0.4 is 5.32 Å². The Bertz CT molecular complexity index is 868. The minimum Gasteiger partial charge on any atom is -0.324 e. The van der Waals surface area contributed by atoms with Crippen molar-refractivity contribution < 1.29 is 0 Å². The Morgan fingerprint density at radius 3 is 1.78 bits per heavy atom. The van der Waals surface area contributed by atoms with Gasteiger partial charge in [0, 0.05) is 11.6 Å². The molecule has 1 saturated carbocycles. The predicted octanol–water partition coefficient (Wildman–Crippen LogP) is 8.00. The molecule has 0 aliphatic heterocycles. The van der Waals surface area contributed by atoms with E-state index in [1.807, 2.05) is 66.8 Å². The monoisotopic (exact) mass is 450 g/mol. The predicted molar refractivity (Wildman–Crippen MR) is 136 cm³/mol. The zero-order valence-corrected chi connectivity index (χ0v) is 19.7. The molecule has 5 heteroatoms. The Labute approximate surface area is 198 Å². The number of allylic oxidation sites excluding steroid dienone is 11. The van der Waals surface area contributed by atoms with E-state index in [0.717, 1.165) is 24.4 Å².